The van der Waals surface area contributed by atoms with Crippen LogP contribution < -0.4 is 5.56 Å². The van der Waals surface area contributed by atoms with E-state index in [-0.39, 0.29) is 11.6 Å². The Bertz CT molecular complexity index is 751. The quantitative estimate of drug-likeness (QED) is 0.876. The van der Waals surface area contributed by atoms with Crippen molar-refractivity contribution in [1.82, 2.24) is 19.8 Å². The van der Waals surface area contributed by atoms with E-state index < -0.39 is 0 Å². The normalized spacial score (nSPS) is 17.5. The van der Waals surface area contributed by atoms with Gasteiger partial charge in [0, 0.05) is 19.1 Å². The van der Waals surface area contributed by atoms with Gasteiger partial charge in [0.15, 0.2) is 0 Å². The maximum Gasteiger partial charge on any atom is 0.258 e. The number of nitrogens with one attached hydrogen (secondary N) is 1. The zero-order valence-electron chi connectivity index (χ0n) is 15.7. The van der Waals surface area contributed by atoms with Crippen molar-refractivity contribution in [3.63, 3.8) is 0 Å². The van der Waals surface area contributed by atoms with Crippen molar-refractivity contribution in [2.24, 2.45) is 0 Å². The predicted octanol–water partition coefficient (Wildman–Crippen LogP) is 3.18. The topological polar surface area (TPSA) is 52.2 Å². The Morgan fingerprint density at radius 3 is 2.64 bits per heavy atom. The second kappa shape index (κ2) is 8.11. The lowest BCUT2D eigenvalue weighted by atomic mass is 9.94. The molecule has 1 aliphatic carbocycles. The van der Waals surface area contributed by atoms with Gasteiger partial charge < -0.3 is 9.88 Å². The van der Waals surface area contributed by atoms with E-state index in [0.717, 1.165) is 30.5 Å². The fourth-order valence-electron chi connectivity index (χ4n) is 3.72. The van der Waals surface area contributed by atoms with Crippen molar-refractivity contribution in [3.8, 4) is 0 Å². The minimum absolute atomic E-state index is 0.0554. The van der Waals surface area contributed by atoms with Crippen molar-refractivity contribution in [1.29, 1.82) is 0 Å². The first-order valence-electron chi connectivity index (χ1n) is 9.45. The van der Waals surface area contributed by atoms with Gasteiger partial charge in [-0.05, 0) is 46.0 Å². The van der Waals surface area contributed by atoms with Gasteiger partial charge in [0.2, 0.25) is 0 Å². The zero-order valence-corrected chi connectivity index (χ0v) is 15.7. The summed E-state index contributed by atoms with van der Waals surface area (Å²) in [4.78, 5) is 24.7. The lowest BCUT2D eigenvalue weighted by Crippen LogP contribution is -2.39. The van der Waals surface area contributed by atoms with Gasteiger partial charge in [0.05, 0.1) is 16.9 Å². The number of rotatable bonds is 6. The Morgan fingerprint density at radius 1 is 1.16 bits per heavy atom. The summed E-state index contributed by atoms with van der Waals surface area (Å²) in [6.45, 7) is 4.11. The largest absolute Gasteiger partial charge is 0.309 e. The molecule has 1 aromatic heterocycles. The summed E-state index contributed by atoms with van der Waals surface area (Å²) in [6, 6.07) is 8.32. The van der Waals surface area contributed by atoms with Gasteiger partial charge in [-0.2, -0.15) is 0 Å². The van der Waals surface area contributed by atoms with Crippen LogP contribution >= 0.6 is 0 Å². The molecule has 0 spiro atoms. The van der Waals surface area contributed by atoms with Crippen molar-refractivity contribution < 1.29 is 0 Å². The molecule has 0 aliphatic heterocycles. The first-order chi connectivity index (χ1) is 12.1. The van der Waals surface area contributed by atoms with E-state index in [0.29, 0.717) is 5.39 Å². The molecule has 2 aromatic rings. The minimum Gasteiger partial charge on any atom is -0.309 e. The van der Waals surface area contributed by atoms with Crippen LogP contribution in [0.25, 0.3) is 10.9 Å². The molecule has 1 aliphatic rings. The summed E-state index contributed by atoms with van der Waals surface area (Å²) in [5, 5.41) is 0.651. The number of para-hydroxylation sites is 1. The molecule has 136 valence electrons. The van der Waals surface area contributed by atoms with Crippen molar-refractivity contribution in [2.45, 2.75) is 51.1 Å². The number of benzene rings is 1. The summed E-state index contributed by atoms with van der Waals surface area (Å²) in [5.41, 5.74) is 0.709. The van der Waals surface area contributed by atoms with Gasteiger partial charge >= 0.3 is 0 Å². The number of aromatic nitrogens is 2. The minimum atomic E-state index is -0.0554. The van der Waals surface area contributed by atoms with Gasteiger partial charge in [0.1, 0.15) is 5.82 Å². The van der Waals surface area contributed by atoms with Crippen molar-refractivity contribution in [2.75, 3.05) is 27.2 Å². The molecule has 1 fully saturated rings. The van der Waals surface area contributed by atoms with Gasteiger partial charge in [-0.25, -0.2) is 4.98 Å². The van der Waals surface area contributed by atoms with Gasteiger partial charge in [-0.3, -0.25) is 9.69 Å². The van der Waals surface area contributed by atoms with E-state index in [1.807, 2.05) is 24.3 Å². The van der Waals surface area contributed by atoms with Crippen LogP contribution in [0.1, 0.15) is 50.9 Å². The SMILES string of the molecule is CC(c1nc2ccccc2c(=O)[nH]1)N(C)CCN(C)C1CCCCC1. The Balaban J connectivity index is 1.64. The molecule has 1 saturated carbocycles. The fraction of sp³-hybridized carbons (Fsp3) is 0.600. The summed E-state index contributed by atoms with van der Waals surface area (Å²) < 4.78 is 0. The number of nitrogens with zero attached hydrogens (tertiary/aromatic N) is 3. The van der Waals surface area contributed by atoms with Gasteiger partial charge in [0.25, 0.3) is 5.56 Å². The maximum absolute atomic E-state index is 12.3. The Labute approximate surface area is 150 Å². The number of hydrogen-bond donors (Lipinski definition) is 1. The van der Waals surface area contributed by atoms with E-state index in [4.69, 9.17) is 0 Å². The first-order valence-corrected chi connectivity index (χ1v) is 9.45. The van der Waals surface area contributed by atoms with E-state index in [2.05, 4.69) is 40.8 Å². The lowest BCUT2D eigenvalue weighted by Gasteiger charge is -2.33. The molecule has 5 nitrogen and oxygen atoms in total. The van der Waals surface area contributed by atoms with Crippen molar-refractivity contribution in [3.05, 3.63) is 40.4 Å². The van der Waals surface area contributed by atoms with Crippen LogP contribution in [0.5, 0.6) is 0 Å². The van der Waals surface area contributed by atoms with E-state index in [1.54, 1.807) is 0 Å². The monoisotopic (exact) mass is 342 g/mol. The second-order valence-electron chi connectivity index (χ2n) is 7.40. The van der Waals surface area contributed by atoms with Crippen LogP contribution in [0, 0.1) is 0 Å². The molecular formula is C20H30N4O. The summed E-state index contributed by atoms with van der Waals surface area (Å²) in [7, 11) is 4.35. The predicted molar refractivity (Wildman–Crippen MR) is 103 cm³/mol. The summed E-state index contributed by atoms with van der Waals surface area (Å²) in [5.74, 6) is 0.742. The lowest BCUT2D eigenvalue weighted by molar-refractivity contribution is 0.155. The zero-order chi connectivity index (χ0) is 17.8. The molecular weight excluding hydrogens is 312 g/mol. The molecule has 1 heterocycles. The Morgan fingerprint density at radius 2 is 1.88 bits per heavy atom. The molecule has 3 rings (SSSR count). The summed E-state index contributed by atoms with van der Waals surface area (Å²) >= 11 is 0. The number of H-pyrrole nitrogens is 1. The molecule has 0 saturated heterocycles. The van der Waals surface area contributed by atoms with Crippen LogP contribution in [0.2, 0.25) is 0 Å². The highest BCUT2D eigenvalue weighted by Crippen LogP contribution is 2.22. The second-order valence-corrected chi connectivity index (χ2v) is 7.40. The Kier molecular flexibility index (Phi) is 5.86. The average molecular weight is 342 g/mol. The standard InChI is InChI=1S/C20H30N4O/c1-15(19-21-18-12-8-7-11-17(18)20(25)22-19)23(2)13-14-24(3)16-9-5-4-6-10-16/h7-8,11-12,15-16H,4-6,9-10,13-14H2,1-3H3,(H,21,22,25). The Hall–Kier alpha value is -1.72. The number of likely N-dealkylation sites (N-methyl/N-ethyl adjacent to an activating group) is 2. The highest BCUT2D eigenvalue weighted by Gasteiger charge is 2.20. The third-order valence-electron chi connectivity index (χ3n) is 5.69. The van der Waals surface area contributed by atoms with Crippen LogP contribution in [0.3, 0.4) is 0 Å². The number of hydrogen-bond acceptors (Lipinski definition) is 4. The number of fused-ring (bicyclic) bond motifs is 1. The molecule has 1 atom stereocenters. The van der Waals surface area contributed by atoms with Gasteiger partial charge in [-0.1, -0.05) is 31.4 Å². The first kappa shape index (κ1) is 18.1. The smallest absolute Gasteiger partial charge is 0.258 e. The molecule has 0 bridgehead atoms. The fourth-order valence-corrected chi connectivity index (χ4v) is 3.72. The average Bonchev–Trinajstić information content (AvgIpc) is 2.65. The highest BCUT2D eigenvalue weighted by molar-refractivity contribution is 5.77. The third-order valence-corrected chi connectivity index (χ3v) is 5.69. The molecule has 1 unspecified atom stereocenters. The van der Waals surface area contributed by atoms with Crippen molar-refractivity contribution >= 4 is 10.9 Å². The van der Waals surface area contributed by atoms with E-state index in [9.17, 15) is 4.79 Å². The van der Waals surface area contributed by atoms with E-state index >= 15 is 0 Å². The van der Waals surface area contributed by atoms with Crippen LogP contribution in [-0.2, 0) is 0 Å². The molecule has 25 heavy (non-hydrogen) atoms. The highest BCUT2D eigenvalue weighted by atomic mass is 16.1. The molecule has 1 N–H and O–H groups in total. The van der Waals surface area contributed by atoms with Crippen LogP contribution in [0.4, 0.5) is 0 Å². The number of aromatic amines is 1. The molecule has 1 aromatic carbocycles. The van der Waals surface area contributed by atoms with Gasteiger partial charge in [-0.15, -0.1) is 0 Å². The molecule has 5 heteroatoms. The molecule has 0 amide bonds. The summed E-state index contributed by atoms with van der Waals surface area (Å²) in [6.07, 6.45) is 6.78. The maximum atomic E-state index is 12.3. The van der Waals surface area contributed by atoms with Crippen LogP contribution in [0.15, 0.2) is 29.1 Å². The van der Waals surface area contributed by atoms with E-state index in [1.165, 1.54) is 32.1 Å². The third kappa shape index (κ3) is 4.28. The molecule has 0 radical (unpaired) electrons. The van der Waals surface area contributed by atoms with Crippen LogP contribution in [-0.4, -0.2) is 53.0 Å².